The third-order valence-corrected chi connectivity index (χ3v) is 7.53. The molecule has 1 amide bonds. The summed E-state index contributed by atoms with van der Waals surface area (Å²) in [7, 11) is 1.55. The molecule has 39 heavy (non-hydrogen) atoms. The van der Waals surface area contributed by atoms with Crippen LogP contribution in [0.1, 0.15) is 49.9 Å². The molecule has 1 aromatic heterocycles. The van der Waals surface area contributed by atoms with E-state index in [1.807, 2.05) is 21.9 Å². The zero-order valence-corrected chi connectivity index (χ0v) is 22.8. The Balaban J connectivity index is 1.63. The molecule has 4 rings (SSSR count). The minimum absolute atomic E-state index is 0.00841. The van der Waals surface area contributed by atoms with E-state index in [2.05, 4.69) is 16.9 Å². The summed E-state index contributed by atoms with van der Waals surface area (Å²) in [5.74, 6) is 0.150. The van der Waals surface area contributed by atoms with Gasteiger partial charge in [0.2, 0.25) is 18.4 Å². The summed E-state index contributed by atoms with van der Waals surface area (Å²) in [6, 6.07) is 5.02. The number of amides is 1. The van der Waals surface area contributed by atoms with E-state index in [1.165, 1.54) is 0 Å². The number of hydrogen-bond acceptors (Lipinski definition) is 9. The molecule has 11 nitrogen and oxygen atoms in total. The van der Waals surface area contributed by atoms with E-state index in [4.69, 9.17) is 19.9 Å². The molecule has 0 radical (unpaired) electrons. The first-order chi connectivity index (χ1) is 19.0. The second-order valence-corrected chi connectivity index (χ2v) is 10.0. The molecule has 3 heterocycles. The minimum Gasteiger partial charge on any atom is -0.493 e. The summed E-state index contributed by atoms with van der Waals surface area (Å²) in [6.07, 6.45) is 6.97. The van der Waals surface area contributed by atoms with E-state index in [0.29, 0.717) is 62.1 Å². The first kappa shape index (κ1) is 28.6. The Morgan fingerprint density at radius 1 is 1.21 bits per heavy atom. The van der Waals surface area contributed by atoms with Gasteiger partial charge in [-0.25, -0.2) is 9.97 Å². The highest BCUT2D eigenvalue weighted by Crippen LogP contribution is 2.47. The maximum absolute atomic E-state index is 13.5. The quantitative estimate of drug-likeness (QED) is 0.366. The molecule has 3 unspecified atom stereocenters. The van der Waals surface area contributed by atoms with E-state index >= 15 is 0 Å². The van der Waals surface area contributed by atoms with Crippen LogP contribution < -0.4 is 19.9 Å². The van der Waals surface area contributed by atoms with Crippen molar-refractivity contribution < 1.29 is 28.9 Å². The maximum atomic E-state index is 13.5. The molecule has 2 aromatic rings. The number of hydrogen-bond donors (Lipinski definition) is 2. The molecule has 3 atom stereocenters. The molecule has 1 saturated heterocycles. The van der Waals surface area contributed by atoms with Crippen LogP contribution >= 0.6 is 0 Å². The van der Waals surface area contributed by atoms with Gasteiger partial charge in [-0.3, -0.25) is 14.5 Å². The van der Waals surface area contributed by atoms with Crippen molar-refractivity contribution in [3.8, 4) is 17.2 Å². The molecule has 0 bridgehead atoms. The van der Waals surface area contributed by atoms with Crippen LogP contribution in [0.15, 0.2) is 30.6 Å². The highest BCUT2D eigenvalue weighted by Gasteiger charge is 2.47. The second-order valence-electron chi connectivity index (χ2n) is 10.0. The number of aryl methyl sites for hydroxylation is 1. The van der Waals surface area contributed by atoms with Crippen molar-refractivity contribution in [2.24, 2.45) is 11.7 Å². The van der Waals surface area contributed by atoms with Gasteiger partial charge < -0.3 is 30.0 Å². The van der Waals surface area contributed by atoms with Gasteiger partial charge in [0.05, 0.1) is 19.6 Å². The Kier molecular flexibility index (Phi) is 9.94. The van der Waals surface area contributed by atoms with Gasteiger partial charge in [-0.15, -0.1) is 0 Å². The van der Waals surface area contributed by atoms with E-state index in [9.17, 15) is 14.7 Å². The van der Waals surface area contributed by atoms with Gasteiger partial charge in [-0.2, -0.15) is 0 Å². The van der Waals surface area contributed by atoms with Crippen molar-refractivity contribution in [1.29, 1.82) is 0 Å². The largest absolute Gasteiger partial charge is 0.493 e. The molecule has 3 N–H and O–H groups in total. The third kappa shape index (κ3) is 6.77. The lowest BCUT2D eigenvalue weighted by atomic mass is 9.83. The van der Waals surface area contributed by atoms with Crippen LogP contribution in [0.4, 0.5) is 0 Å². The molecule has 1 fully saturated rings. The monoisotopic (exact) mass is 541 g/mol. The summed E-state index contributed by atoms with van der Waals surface area (Å²) in [5, 5.41) is 10.5. The zero-order valence-electron chi connectivity index (χ0n) is 22.8. The topological polar surface area (TPSA) is 140 Å². The van der Waals surface area contributed by atoms with E-state index in [1.54, 1.807) is 25.6 Å². The molecule has 2 aliphatic rings. The SMILES string of the molecule is CCCCN(CCCN)C(=O)CN1CC(c2cc(OC)c3c(c2)OCO3)C(C(=O)O)C1CCc1ncccn1. The lowest BCUT2D eigenvalue weighted by molar-refractivity contribution is -0.143. The molecule has 11 heteroatoms. The number of unbranched alkanes of at least 4 members (excludes halogenated alkanes) is 1. The standard InChI is InChI=1S/C28H39N5O6/c1-3-4-12-32(13-5-9-29)25(34)17-33-16-20(19-14-22(37-2)27-23(15-19)38-18-39-27)26(28(35)36)21(33)7-8-24-30-10-6-11-31-24/h6,10-11,14-15,20-21,26H,3-5,7-9,12-13,16-18,29H2,1-2H3,(H,35,36). The predicted molar refractivity (Wildman–Crippen MR) is 144 cm³/mol. The molecule has 2 aliphatic heterocycles. The number of benzene rings is 1. The number of carbonyl (C=O) groups is 2. The van der Waals surface area contributed by atoms with Gasteiger partial charge >= 0.3 is 5.97 Å². The van der Waals surface area contributed by atoms with Crippen molar-refractivity contribution in [2.75, 3.05) is 46.6 Å². The number of methoxy groups -OCH3 is 1. The van der Waals surface area contributed by atoms with E-state index in [-0.39, 0.29) is 31.2 Å². The van der Waals surface area contributed by atoms with Gasteiger partial charge in [0.25, 0.3) is 0 Å². The average Bonchev–Trinajstić information content (AvgIpc) is 3.56. The molecule has 212 valence electrons. The number of nitrogens with zero attached hydrogens (tertiary/aromatic N) is 4. The van der Waals surface area contributed by atoms with Crippen molar-refractivity contribution >= 4 is 11.9 Å². The van der Waals surface area contributed by atoms with Crippen LogP contribution in [0.5, 0.6) is 17.2 Å². The van der Waals surface area contributed by atoms with Gasteiger partial charge in [0, 0.05) is 50.4 Å². The lowest BCUT2D eigenvalue weighted by Crippen LogP contribution is -2.45. The Morgan fingerprint density at radius 2 is 1.97 bits per heavy atom. The Bertz CT molecular complexity index is 1110. The summed E-state index contributed by atoms with van der Waals surface area (Å²) in [5.41, 5.74) is 6.51. The van der Waals surface area contributed by atoms with Gasteiger partial charge in [-0.05, 0) is 49.6 Å². The van der Waals surface area contributed by atoms with Crippen molar-refractivity contribution in [2.45, 2.75) is 51.0 Å². The first-order valence-electron chi connectivity index (χ1n) is 13.6. The zero-order chi connectivity index (χ0) is 27.8. The minimum atomic E-state index is -0.906. The molecular weight excluding hydrogens is 502 g/mol. The Morgan fingerprint density at radius 3 is 2.67 bits per heavy atom. The van der Waals surface area contributed by atoms with Gasteiger partial charge in [-0.1, -0.05) is 13.3 Å². The number of aromatic nitrogens is 2. The molecule has 0 aliphatic carbocycles. The van der Waals surface area contributed by atoms with E-state index in [0.717, 1.165) is 24.8 Å². The third-order valence-electron chi connectivity index (χ3n) is 7.53. The maximum Gasteiger partial charge on any atom is 0.308 e. The summed E-state index contributed by atoms with van der Waals surface area (Å²) in [6.45, 7) is 4.48. The Labute approximate surface area is 229 Å². The van der Waals surface area contributed by atoms with Crippen LogP contribution in [0.3, 0.4) is 0 Å². The fourth-order valence-electron chi connectivity index (χ4n) is 5.56. The average molecular weight is 542 g/mol. The fraction of sp³-hybridized carbons (Fsp3) is 0.571. The predicted octanol–water partition coefficient (Wildman–Crippen LogP) is 2.29. The number of carboxylic acid groups (broad SMARTS) is 1. The Hall–Kier alpha value is -3.44. The highest BCUT2D eigenvalue weighted by atomic mass is 16.7. The van der Waals surface area contributed by atoms with Gasteiger partial charge in [0.1, 0.15) is 5.82 Å². The number of ether oxygens (including phenoxy) is 3. The number of rotatable bonds is 14. The first-order valence-corrected chi connectivity index (χ1v) is 13.6. The van der Waals surface area contributed by atoms with Crippen molar-refractivity contribution in [1.82, 2.24) is 19.8 Å². The summed E-state index contributed by atoms with van der Waals surface area (Å²) >= 11 is 0. The fourth-order valence-corrected chi connectivity index (χ4v) is 5.56. The molecule has 0 saturated carbocycles. The summed E-state index contributed by atoms with van der Waals surface area (Å²) in [4.78, 5) is 38.8. The number of carboxylic acids is 1. The van der Waals surface area contributed by atoms with Gasteiger partial charge in [0.15, 0.2) is 11.5 Å². The molecule has 1 aromatic carbocycles. The van der Waals surface area contributed by atoms with Crippen LogP contribution in [0, 0.1) is 5.92 Å². The second kappa shape index (κ2) is 13.6. The highest BCUT2D eigenvalue weighted by molar-refractivity contribution is 5.79. The van der Waals surface area contributed by atoms with Crippen LogP contribution in [0.2, 0.25) is 0 Å². The normalized spacial score (nSPS) is 20.2. The molecule has 0 spiro atoms. The smallest absolute Gasteiger partial charge is 0.308 e. The van der Waals surface area contributed by atoms with Crippen LogP contribution in [-0.4, -0.2) is 89.4 Å². The van der Waals surface area contributed by atoms with Crippen molar-refractivity contribution in [3.05, 3.63) is 42.0 Å². The number of carbonyl (C=O) groups excluding carboxylic acids is 1. The van der Waals surface area contributed by atoms with Crippen LogP contribution in [0.25, 0.3) is 0 Å². The number of fused-ring (bicyclic) bond motifs is 1. The summed E-state index contributed by atoms with van der Waals surface area (Å²) < 4.78 is 16.7. The van der Waals surface area contributed by atoms with E-state index < -0.39 is 11.9 Å². The number of nitrogens with two attached hydrogens (primary N) is 1. The van der Waals surface area contributed by atoms with Crippen LogP contribution in [-0.2, 0) is 16.0 Å². The molecular formula is C28H39N5O6. The number of aliphatic carboxylic acids is 1. The van der Waals surface area contributed by atoms with Crippen molar-refractivity contribution in [3.63, 3.8) is 0 Å². The lowest BCUT2D eigenvalue weighted by Gasteiger charge is -2.29. The number of likely N-dealkylation sites (tertiary alicyclic amines) is 1.